The number of carbonyl (C=O) groups is 2. The second-order valence-electron chi connectivity index (χ2n) is 7.41. The number of thiophene rings is 1. The molecule has 1 aromatic heterocycles. The largest absolute Gasteiger partial charge is 0.507 e. The first-order valence-electron chi connectivity index (χ1n) is 9.47. The van der Waals surface area contributed by atoms with Crippen LogP contribution in [0.15, 0.2) is 59.5 Å². The van der Waals surface area contributed by atoms with Crippen molar-refractivity contribution in [3.05, 3.63) is 91.6 Å². The highest BCUT2D eigenvalue weighted by molar-refractivity contribution is 7.10. The van der Waals surface area contributed by atoms with Gasteiger partial charge in [-0.2, -0.15) is 0 Å². The second-order valence-corrected chi connectivity index (χ2v) is 8.80. The first-order valence-corrected chi connectivity index (χ1v) is 10.7. The average Bonchev–Trinajstić information content (AvgIpc) is 3.25. The number of hydrogen-bond donors (Lipinski definition) is 1. The second kappa shape index (κ2) is 7.74. The number of halogens is 1. The van der Waals surface area contributed by atoms with Gasteiger partial charge in [0.05, 0.1) is 5.57 Å². The minimum Gasteiger partial charge on any atom is -0.507 e. The molecular weight excluding hydrogens is 418 g/mol. The van der Waals surface area contributed by atoms with Crippen LogP contribution in [-0.2, 0) is 9.59 Å². The van der Waals surface area contributed by atoms with Crippen molar-refractivity contribution in [3.63, 3.8) is 0 Å². The number of Topliss-reactive ketones (excluding diaryl/α,β-unsaturated/α-hetero) is 1. The summed E-state index contributed by atoms with van der Waals surface area (Å²) in [7, 11) is 0. The topological polar surface area (TPSA) is 57.6 Å². The number of aryl methyl sites for hydroxylation is 3. The van der Waals surface area contributed by atoms with Crippen LogP contribution in [0.3, 0.4) is 0 Å². The molecule has 1 atom stereocenters. The van der Waals surface area contributed by atoms with Gasteiger partial charge in [-0.1, -0.05) is 23.7 Å². The highest BCUT2D eigenvalue weighted by Crippen LogP contribution is 2.45. The molecule has 1 aliphatic rings. The van der Waals surface area contributed by atoms with Crippen LogP contribution in [0, 0.1) is 20.8 Å². The first kappa shape index (κ1) is 20.4. The molecule has 0 saturated carbocycles. The molecule has 152 valence electrons. The summed E-state index contributed by atoms with van der Waals surface area (Å²) in [5.41, 5.74) is 4.21. The van der Waals surface area contributed by atoms with Crippen LogP contribution in [-0.4, -0.2) is 16.8 Å². The van der Waals surface area contributed by atoms with E-state index < -0.39 is 17.7 Å². The molecule has 1 unspecified atom stereocenters. The summed E-state index contributed by atoms with van der Waals surface area (Å²) in [6.45, 7) is 5.86. The van der Waals surface area contributed by atoms with Crippen molar-refractivity contribution in [1.82, 2.24) is 0 Å². The number of hydrogen-bond acceptors (Lipinski definition) is 4. The van der Waals surface area contributed by atoms with Gasteiger partial charge >= 0.3 is 0 Å². The fourth-order valence-electron chi connectivity index (χ4n) is 3.66. The summed E-state index contributed by atoms with van der Waals surface area (Å²) in [6.07, 6.45) is 0. The molecule has 0 bridgehead atoms. The molecule has 0 radical (unpaired) electrons. The molecular formula is C24H20ClNO3S. The number of nitrogens with zero attached hydrogens (tertiary/aromatic N) is 1. The zero-order valence-electron chi connectivity index (χ0n) is 16.8. The maximum Gasteiger partial charge on any atom is 0.300 e. The van der Waals surface area contributed by atoms with Gasteiger partial charge in [0, 0.05) is 21.2 Å². The lowest BCUT2D eigenvalue weighted by Gasteiger charge is -2.25. The third kappa shape index (κ3) is 3.34. The van der Waals surface area contributed by atoms with Crippen molar-refractivity contribution in [2.75, 3.05) is 4.90 Å². The Morgan fingerprint density at radius 2 is 1.67 bits per heavy atom. The van der Waals surface area contributed by atoms with E-state index in [1.54, 1.807) is 30.3 Å². The number of rotatable bonds is 3. The predicted octanol–water partition coefficient (Wildman–Crippen LogP) is 5.95. The zero-order chi connectivity index (χ0) is 21.6. The smallest absolute Gasteiger partial charge is 0.300 e. The molecule has 2 aromatic carbocycles. The van der Waals surface area contributed by atoms with Crippen LogP contribution >= 0.6 is 22.9 Å². The quantitative estimate of drug-likeness (QED) is 0.313. The number of benzene rings is 2. The Balaban J connectivity index is 1.95. The molecule has 1 fully saturated rings. The van der Waals surface area contributed by atoms with E-state index in [2.05, 4.69) is 0 Å². The van der Waals surface area contributed by atoms with Gasteiger partial charge in [-0.25, -0.2) is 0 Å². The molecule has 0 spiro atoms. The Morgan fingerprint density at radius 1 is 0.967 bits per heavy atom. The van der Waals surface area contributed by atoms with Crippen molar-refractivity contribution in [1.29, 1.82) is 0 Å². The highest BCUT2D eigenvalue weighted by Gasteiger charge is 2.47. The van der Waals surface area contributed by atoms with E-state index in [1.165, 1.54) is 16.2 Å². The van der Waals surface area contributed by atoms with Crippen molar-refractivity contribution in [2.45, 2.75) is 26.8 Å². The molecule has 0 aliphatic carbocycles. The summed E-state index contributed by atoms with van der Waals surface area (Å²) in [6, 6.07) is 13.5. The SMILES string of the molecule is Cc1ccc(/C(O)=C2/C(=O)C(=O)N(c3ccc(Cl)cc3)C2c2sccc2C)cc1C. The number of aliphatic hydroxyl groups is 1. The van der Waals surface area contributed by atoms with Crippen molar-refractivity contribution >= 4 is 46.1 Å². The number of amides is 1. The van der Waals surface area contributed by atoms with Crippen LogP contribution in [0.25, 0.3) is 5.76 Å². The third-order valence-corrected chi connectivity index (χ3v) is 6.80. The lowest BCUT2D eigenvalue weighted by molar-refractivity contribution is -0.132. The monoisotopic (exact) mass is 437 g/mol. The maximum atomic E-state index is 13.1. The summed E-state index contributed by atoms with van der Waals surface area (Å²) in [5.74, 6) is -1.52. The van der Waals surface area contributed by atoms with Crippen LogP contribution in [0.1, 0.15) is 33.2 Å². The minimum absolute atomic E-state index is 0.101. The van der Waals surface area contributed by atoms with E-state index in [1.807, 2.05) is 44.4 Å². The number of anilines is 1. The number of aliphatic hydroxyl groups excluding tert-OH is 1. The Labute approximate surface area is 184 Å². The Morgan fingerprint density at radius 3 is 2.27 bits per heavy atom. The van der Waals surface area contributed by atoms with E-state index in [-0.39, 0.29) is 11.3 Å². The van der Waals surface area contributed by atoms with Crippen LogP contribution in [0.4, 0.5) is 5.69 Å². The van der Waals surface area contributed by atoms with Crippen LogP contribution in [0.5, 0.6) is 0 Å². The van der Waals surface area contributed by atoms with Crippen LogP contribution in [0.2, 0.25) is 5.02 Å². The maximum absolute atomic E-state index is 13.1. The standard InChI is InChI=1S/C24H20ClNO3S/c1-13-4-5-16(12-15(13)3)21(27)19-20(23-14(2)10-11-30-23)26(24(29)22(19)28)18-8-6-17(25)7-9-18/h4-12,20,27H,1-3H3/b21-19-. The summed E-state index contributed by atoms with van der Waals surface area (Å²) >= 11 is 7.47. The van der Waals surface area contributed by atoms with Gasteiger partial charge in [0.2, 0.25) is 0 Å². The van der Waals surface area contributed by atoms with Crippen molar-refractivity contribution in [2.24, 2.45) is 0 Å². The Hall–Kier alpha value is -2.89. The molecule has 1 saturated heterocycles. The number of carbonyl (C=O) groups excluding carboxylic acids is 2. The van der Waals surface area contributed by atoms with Gasteiger partial charge in [-0.3, -0.25) is 14.5 Å². The lowest BCUT2D eigenvalue weighted by Crippen LogP contribution is -2.29. The first-order chi connectivity index (χ1) is 14.3. The summed E-state index contributed by atoms with van der Waals surface area (Å²) < 4.78 is 0. The van der Waals surface area contributed by atoms with Gasteiger partial charge in [0.1, 0.15) is 11.8 Å². The van der Waals surface area contributed by atoms with Crippen molar-refractivity contribution < 1.29 is 14.7 Å². The fourth-order valence-corrected chi connectivity index (χ4v) is 4.81. The Bertz CT molecular complexity index is 1190. The van der Waals surface area contributed by atoms with Gasteiger partial charge in [0.25, 0.3) is 11.7 Å². The summed E-state index contributed by atoms with van der Waals surface area (Å²) in [4.78, 5) is 28.5. The molecule has 1 N–H and O–H groups in total. The van der Waals surface area contributed by atoms with E-state index in [0.717, 1.165) is 21.6 Å². The van der Waals surface area contributed by atoms with Gasteiger partial charge < -0.3 is 5.11 Å². The third-order valence-electron chi connectivity index (χ3n) is 5.48. The lowest BCUT2D eigenvalue weighted by atomic mass is 9.96. The molecule has 4 rings (SSSR count). The predicted molar refractivity (Wildman–Crippen MR) is 121 cm³/mol. The van der Waals surface area contributed by atoms with Gasteiger partial charge in [-0.15, -0.1) is 11.3 Å². The fraction of sp³-hybridized carbons (Fsp3) is 0.167. The minimum atomic E-state index is -0.701. The molecule has 1 amide bonds. The summed E-state index contributed by atoms with van der Waals surface area (Å²) in [5, 5.41) is 13.6. The van der Waals surface area contributed by atoms with Gasteiger partial charge in [0.15, 0.2) is 0 Å². The van der Waals surface area contributed by atoms with E-state index >= 15 is 0 Å². The molecule has 6 heteroatoms. The molecule has 2 heterocycles. The molecule has 1 aliphatic heterocycles. The average molecular weight is 438 g/mol. The number of ketones is 1. The molecule has 3 aromatic rings. The Kier molecular flexibility index (Phi) is 5.26. The van der Waals surface area contributed by atoms with Crippen molar-refractivity contribution in [3.8, 4) is 0 Å². The van der Waals surface area contributed by atoms with E-state index in [9.17, 15) is 14.7 Å². The highest BCUT2D eigenvalue weighted by atomic mass is 35.5. The van der Waals surface area contributed by atoms with E-state index in [4.69, 9.17) is 11.6 Å². The van der Waals surface area contributed by atoms with Crippen LogP contribution < -0.4 is 4.90 Å². The zero-order valence-corrected chi connectivity index (χ0v) is 18.3. The normalized spacial score (nSPS) is 18.3. The molecule has 4 nitrogen and oxygen atoms in total. The van der Waals surface area contributed by atoms with E-state index in [0.29, 0.717) is 16.3 Å². The van der Waals surface area contributed by atoms with Gasteiger partial charge in [-0.05, 0) is 79.2 Å². The molecule has 30 heavy (non-hydrogen) atoms.